The molecule has 0 amide bonds. The summed E-state index contributed by atoms with van der Waals surface area (Å²) >= 11 is 0. The van der Waals surface area contributed by atoms with Crippen LogP contribution in [0.25, 0.3) is 11.1 Å². The highest BCUT2D eigenvalue weighted by molar-refractivity contribution is 5.68. The van der Waals surface area contributed by atoms with E-state index in [4.69, 9.17) is 4.74 Å². The van der Waals surface area contributed by atoms with Crippen molar-refractivity contribution in [2.75, 3.05) is 13.2 Å². The molecule has 0 bridgehead atoms. The highest BCUT2D eigenvalue weighted by atomic mass is 19.4. The minimum Gasteiger partial charge on any atom is -0.389 e. The number of hydrogen-bond acceptors (Lipinski definition) is 3. The van der Waals surface area contributed by atoms with Gasteiger partial charge in [-0.3, -0.25) is 0 Å². The van der Waals surface area contributed by atoms with Crippen LogP contribution in [0.3, 0.4) is 0 Å². The van der Waals surface area contributed by atoms with Gasteiger partial charge in [0.1, 0.15) is 0 Å². The van der Waals surface area contributed by atoms with Gasteiger partial charge in [-0.2, -0.15) is 13.2 Å². The number of hydrogen-bond donors (Lipinski definition) is 2. The molecular formula is C22H28F3NO2. The van der Waals surface area contributed by atoms with Gasteiger partial charge in [-0.1, -0.05) is 42.5 Å². The molecule has 2 aromatic carbocycles. The molecule has 0 aliphatic rings. The second-order valence-corrected chi connectivity index (χ2v) is 7.87. The highest BCUT2D eigenvalue weighted by Crippen LogP contribution is 2.37. The maximum Gasteiger partial charge on any atom is 0.417 e. The number of halogens is 3. The van der Waals surface area contributed by atoms with Crippen LogP contribution in [-0.2, 0) is 10.9 Å². The van der Waals surface area contributed by atoms with Crippen molar-refractivity contribution in [3.8, 4) is 11.1 Å². The molecule has 2 atom stereocenters. The third kappa shape index (κ3) is 6.62. The molecule has 154 valence electrons. The van der Waals surface area contributed by atoms with Gasteiger partial charge >= 0.3 is 6.18 Å². The molecule has 0 fully saturated rings. The molecule has 3 nitrogen and oxygen atoms in total. The molecule has 2 unspecified atom stereocenters. The van der Waals surface area contributed by atoms with Crippen molar-refractivity contribution in [1.29, 1.82) is 0 Å². The first-order chi connectivity index (χ1) is 13.0. The molecule has 28 heavy (non-hydrogen) atoms. The van der Waals surface area contributed by atoms with Crippen LogP contribution in [0.4, 0.5) is 13.2 Å². The zero-order chi connectivity index (χ0) is 20.9. The fraction of sp³-hybridized carbons (Fsp3) is 0.455. The van der Waals surface area contributed by atoms with E-state index < -0.39 is 17.8 Å². The molecule has 0 saturated carbocycles. The van der Waals surface area contributed by atoms with E-state index in [-0.39, 0.29) is 23.8 Å². The number of benzene rings is 2. The highest BCUT2D eigenvalue weighted by Gasteiger charge is 2.33. The van der Waals surface area contributed by atoms with E-state index in [9.17, 15) is 18.3 Å². The molecule has 0 radical (unpaired) electrons. The van der Waals surface area contributed by atoms with Crippen molar-refractivity contribution in [1.82, 2.24) is 5.32 Å². The Kier molecular flexibility index (Phi) is 7.26. The Hall–Kier alpha value is -1.89. The maximum absolute atomic E-state index is 13.2. The Morgan fingerprint density at radius 1 is 1.00 bits per heavy atom. The van der Waals surface area contributed by atoms with Crippen LogP contribution in [-0.4, -0.2) is 30.0 Å². The molecule has 2 rings (SSSR count). The van der Waals surface area contributed by atoms with Crippen molar-refractivity contribution in [3.05, 3.63) is 59.7 Å². The molecule has 2 N–H and O–H groups in total. The Labute approximate surface area is 164 Å². The lowest BCUT2D eigenvalue weighted by Crippen LogP contribution is -2.34. The van der Waals surface area contributed by atoms with Crippen LogP contribution in [0.5, 0.6) is 0 Å². The fourth-order valence-electron chi connectivity index (χ4n) is 2.77. The second-order valence-electron chi connectivity index (χ2n) is 7.87. The van der Waals surface area contributed by atoms with Crippen molar-refractivity contribution in [2.24, 2.45) is 0 Å². The van der Waals surface area contributed by atoms with Gasteiger partial charge in [-0.05, 0) is 50.5 Å². The maximum atomic E-state index is 13.2. The molecule has 0 heterocycles. The molecule has 0 saturated heterocycles. The number of nitrogens with one attached hydrogen (secondary N) is 1. The van der Waals surface area contributed by atoms with Gasteiger partial charge in [-0.15, -0.1) is 0 Å². The molecule has 2 aromatic rings. The smallest absolute Gasteiger partial charge is 0.389 e. The van der Waals surface area contributed by atoms with Gasteiger partial charge in [0.2, 0.25) is 0 Å². The monoisotopic (exact) mass is 395 g/mol. The van der Waals surface area contributed by atoms with Crippen LogP contribution in [0.15, 0.2) is 48.5 Å². The average Bonchev–Trinajstić information content (AvgIpc) is 2.63. The summed E-state index contributed by atoms with van der Waals surface area (Å²) in [7, 11) is 0. The summed E-state index contributed by atoms with van der Waals surface area (Å²) in [5.41, 5.74) is 0.655. The number of aliphatic hydroxyl groups is 1. The Bertz CT molecular complexity index is 752. The number of alkyl halides is 3. The summed E-state index contributed by atoms with van der Waals surface area (Å²) in [4.78, 5) is 0. The van der Waals surface area contributed by atoms with Crippen LogP contribution >= 0.6 is 0 Å². The second kappa shape index (κ2) is 9.07. The number of rotatable bonds is 7. The van der Waals surface area contributed by atoms with E-state index in [2.05, 4.69) is 5.32 Å². The summed E-state index contributed by atoms with van der Waals surface area (Å²) in [5, 5.41) is 13.2. The predicted octanol–water partition coefficient (Wildman–Crippen LogP) is 5.20. The first-order valence-electron chi connectivity index (χ1n) is 9.29. The third-order valence-electron chi connectivity index (χ3n) is 4.32. The van der Waals surface area contributed by atoms with Gasteiger partial charge in [0.25, 0.3) is 0 Å². The summed E-state index contributed by atoms with van der Waals surface area (Å²) in [6.07, 6.45) is -5.03. The molecule has 0 aliphatic carbocycles. The topological polar surface area (TPSA) is 41.5 Å². The van der Waals surface area contributed by atoms with Crippen molar-refractivity contribution in [3.63, 3.8) is 0 Å². The molecule has 0 spiro atoms. The molecule has 0 aromatic heterocycles. The molecular weight excluding hydrogens is 367 g/mol. The Balaban J connectivity index is 2.01. The van der Waals surface area contributed by atoms with E-state index in [1.807, 2.05) is 27.7 Å². The fourth-order valence-corrected chi connectivity index (χ4v) is 2.77. The van der Waals surface area contributed by atoms with E-state index in [0.717, 1.165) is 11.6 Å². The van der Waals surface area contributed by atoms with E-state index in [1.165, 1.54) is 12.1 Å². The predicted molar refractivity (Wildman–Crippen MR) is 105 cm³/mol. The summed E-state index contributed by atoms with van der Waals surface area (Å²) in [6, 6.07) is 12.5. The lowest BCUT2D eigenvalue weighted by atomic mass is 9.97. The van der Waals surface area contributed by atoms with Gasteiger partial charge < -0.3 is 15.2 Å². The number of ether oxygens (including phenoxy) is 1. The van der Waals surface area contributed by atoms with Crippen LogP contribution in [0.1, 0.15) is 44.9 Å². The third-order valence-corrected chi connectivity index (χ3v) is 4.32. The van der Waals surface area contributed by atoms with E-state index in [1.54, 1.807) is 30.3 Å². The van der Waals surface area contributed by atoms with Crippen molar-refractivity contribution >= 4 is 0 Å². The molecule has 6 heteroatoms. The Morgan fingerprint density at radius 2 is 1.61 bits per heavy atom. The lowest BCUT2D eigenvalue weighted by molar-refractivity contribution is -0.137. The Morgan fingerprint density at radius 3 is 2.18 bits per heavy atom. The van der Waals surface area contributed by atoms with Crippen molar-refractivity contribution in [2.45, 2.75) is 51.6 Å². The summed E-state index contributed by atoms with van der Waals surface area (Å²) < 4.78 is 45.2. The quantitative estimate of drug-likeness (QED) is 0.677. The largest absolute Gasteiger partial charge is 0.417 e. The average molecular weight is 395 g/mol. The minimum atomic E-state index is -4.39. The minimum absolute atomic E-state index is 0.0591. The van der Waals surface area contributed by atoms with Gasteiger partial charge in [0.05, 0.1) is 23.9 Å². The van der Waals surface area contributed by atoms with E-state index >= 15 is 0 Å². The normalized spacial score (nSPS) is 14.7. The SMILES string of the molecule is CC(NCC(O)COC(C)(C)C)c1ccc(-c2ccccc2C(F)(F)F)cc1. The zero-order valence-electron chi connectivity index (χ0n) is 16.7. The van der Waals surface area contributed by atoms with Crippen molar-refractivity contribution < 1.29 is 23.0 Å². The first kappa shape index (κ1) is 22.4. The van der Waals surface area contributed by atoms with Crippen LogP contribution in [0.2, 0.25) is 0 Å². The van der Waals surface area contributed by atoms with Crippen LogP contribution in [0, 0.1) is 0 Å². The van der Waals surface area contributed by atoms with Crippen LogP contribution < -0.4 is 5.32 Å². The van der Waals surface area contributed by atoms with Gasteiger partial charge in [0, 0.05) is 12.6 Å². The molecule has 0 aliphatic heterocycles. The standard InChI is InChI=1S/C22H28F3NO2/c1-15(26-13-18(27)14-28-21(2,3)4)16-9-11-17(12-10-16)19-7-5-6-8-20(19)22(23,24)25/h5-12,15,18,26-27H,13-14H2,1-4H3. The lowest BCUT2D eigenvalue weighted by Gasteiger charge is -2.23. The van der Waals surface area contributed by atoms with Gasteiger partial charge in [-0.25, -0.2) is 0 Å². The van der Waals surface area contributed by atoms with E-state index in [0.29, 0.717) is 12.1 Å². The first-order valence-corrected chi connectivity index (χ1v) is 9.29. The summed E-state index contributed by atoms with van der Waals surface area (Å²) in [6.45, 7) is 8.30. The zero-order valence-corrected chi connectivity index (χ0v) is 16.7. The summed E-state index contributed by atoms with van der Waals surface area (Å²) in [5.74, 6) is 0. The number of aliphatic hydroxyl groups excluding tert-OH is 1. The van der Waals surface area contributed by atoms with Gasteiger partial charge in [0.15, 0.2) is 0 Å².